The Morgan fingerprint density at radius 3 is 3.00 bits per heavy atom. The van der Waals surface area contributed by atoms with Gasteiger partial charge < -0.3 is 5.32 Å². The van der Waals surface area contributed by atoms with Gasteiger partial charge in [-0.15, -0.1) is 0 Å². The first-order valence-corrected chi connectivity index (χ1v) is 6.50. The molecule has 88 valence electrons. The van der Waals surface area contributed by atoms with Crippen molar-refractivity contribution in [3.63, 3.8) is 0 Å². The highest BCUT2D eigenvalue weighted by Gasteiger charge is 2.30. The van der Waals surface area contributed by atoms with E-state index in [1.54, 1.807) is 6.20 Å². The Hall–Kier alpha value is -0.600. The highest BCUT2D eigenvalue weighted by atomic mass is 35.5. The number of nitrogens with zero attached hydrogens (tertiary/aromatic N) is 1. The number of aromatic nitrogens is 1. The summed E-state index contributed by atoms with van der Waals surface area (Å²) in [5.41, 5.74) is 1.22. The van der Waals surface area contributed by atoms with Crippen LogP contribution in [-0.2, 0) is 6.42 Å². The van der Waals surface area contributed by atoms with Crippen LogP contribution in [0.4, 0.5) is 0 Å². The fraction of sp³-hybridized carbons (Fsp3) is 0.615. The molecule has 1 saturated carbocycles. The van der Waals surface area contributed by atoms with Crippen molar-refractivity contribution in [3.8, 4) is 0 Å². The van der Waals surface area contributed by atoms with Crippen LogP contribution in [0.3, 0.4) is 0 Å². The van der Waals surface area contributed by atoms with Crippen molar-refractivity contribution in [1.29, 1.82) is 0 Å². The van der Waals surface area contributed by atoms with Gasteiger partial charge in [0.15, 0.2) is 0 Å². The Morgan fingerprint density at radius 1 is 1.56 bits per heavy atom. The van der Waals surface area contributed by atoms with Crippen molar-refractivity contribution in [1.82, 2.24) is 10.3 Å². The molecule has 2 nitrogen and oxygen atoms in total. The number of hydrogen-bond acceptors (Lipinski definition) is 2. The average molecular weight is 239 g/mol. The maximum absolute atomic E-state index is 6.14. The fourth-order valence-corrected chi connectivity index (χ4v) is 2.24. The maximum Gasteiger partial charge on any atom is 0.0621 e. The standard InChI is InChI=1S/C13H19ClN2/c1-2-6-16-13(10-3-4-10)8-11-5-7-15-9-12(11)14/h5,7,9-10,13,16H,2-4,6,8H2,1H3. The minimum absolute atomic E-state index is 0.597. The van der Waals surface area contributed by atoms with Crippen molar-refractivity contribution in [3.05, 3.63) is 29.0 Å². The van der Waals surface area contributed by atoms with E-state index in [9.17, 15) is 0 Å². The molecule has 1 heterocycles. The lowest BCUT2D eigenvalue weighted by Gasteiger charge is -2.18. The summed E-state index contributed by atoms with van der Waals surface area (Å²) in [5, 5.41) is 4.43. The summed E-state index contributed by atoms with van der Waals surface area (Å²) in [5.74, 6) is 0.857. The van der Waals surface area contributed by atoms with Gasteiger partial charge in [-0.3, -0.25) is 4.98 Å². The zero-order valence-corrected chi connectivity index (χ0v) is 10.5. The number of halogens is 1. The van der Waals surface area contributed by atoms with Crippen LogP contribution < -0.4 is 5.32 Å². The van der Waals surface area contributed by atoms with Crippen LogP contribution in [-0.4, -0.2) is 17.6 Å². The molecule has 0 aromatic carbocycles. The van der Waals surface area contributed by atoms with E-state index in [2.05, 4.69) is 17.2 Å². The lowest BCUT2D eigenvalue weighted by molar-refractivity contribution is 0.460. The molecule has 0 aliphatic heterocycles. The molecule has 1 aliphatic carbocycles. The van der Waals surface area contributed by atoms with Gasteiger partial charge in [-0.1, -0.05) is 18.5 Å². The van der Waals surface area contributed by atoms with E-state index in [1.807, 2.05) is 12.3 Å². The third kappa shape index (κ3) is 3.19. The first-order chi connectivity index (χ1) is 7.81. The molecule has 0 amide bonds. The number of nitrogens with one attached hydrogen (secondary N) is 1. The summed E-state index contributed by atoms with van der Waals surface area (Å²) in [6.45, 7) is 3.31. The predicted octanol–water partition coefficient (Wildman–Crippen LogP) is 3.06. The van der Waals surface area contributed by atoms with E-state index in [-0.39, 0.29) is 0 Å². The number of pyridine rings is 1. The summed E-state index contributed by atoms with van der Waals surface area (Å²) in [7, 11) is 0. The van der Waals surface area contributed by atoms with Crippen LogP contribution in [0, 0.1) is 5.92 Å². The molecule has 3 heteroatoms. The largest absolute Gasteiger partial charge is 0.313 e. The van der Waals surface area contributed by atoms with E-state index in [1.165, 1.54) is 24.8 Å². The number of hydrogen-bond donors (Lipinski definition) is 1. The second-order valence-corrected chi connectivity index (χ2v) is 4.98. The Balaban J connectivity index is 1.97. The van der Waals surface area contributed by atoms with Crippen LogP contribution >= 0.6 is 11.6 Å². The molecule has 1 aromatic heterocycles. The summed E-state index contributed by atoms with van der Waals surface area (Å²) in [6, 6.07) is 2.63. The smallest absolute Gasteiger partial charge is 0.0621 e. The lowest BCUT2D eigenvalue weighted by Crippen LogP contribution is -2.33. The highest BCUT2D eigenvalue weighted by molar-refractivity contribution is 6.31. The van der Waals surface area contributed by atoms with Gasteiger partial charge in [0.1, 0.15) is 0 Å². The Bertz CT molecular complexity index is 336. The van der Waals surface area contributed by atoms with Gasteiger partial charge in [0, 0.05) is 18.4 Å². The van der Waals surface area contributed by atoms with Crippen molar-refractivity contribution >= 4 is 11.6 Å². The Kier molecular flexibility index (Phi) is 4.19. The zero-order valence-electron chi connectivity index (χ0n) is 9.75. The van der Waals surface area contributed by atoms with Gasteiger partial charge in [-0.25, -0.2) is 0 Å². The second kappa shape index (κ2) is 5.65. The molecular weight excluding hydrogens is 220 g/mol. The normalized spacial score (nSPS) is 17.4. The van der Waals surface area contributed by atoms with Gasteiger partial charge in [0.2, 0.25) is 0 Å². The van der Waals surface area contributed by atoms with Crippen LogP contribution in [0.25, 0.3) is 0 Å². The lowest BCUT2D eigenvalue weighted by atomic mass is 10.0. The third-order valence-electron chi connectivity index (χ3n) is 3.14. The fourth-order valence-electron chi connectivity index (χ4n) is 2.04. The molecular formula is C13H19ClN2. The van der Waals surface area contributed by atoms with Crippen LogP contribution in [0.1, 0.15) is 31.7 Å². The molecule has 0 spiro atoms. The summed E-state index contributed by atoms with van der Waals surface area (Å²) >= 11 is 6.14. The van der Waals surface area contributed by atoms with Gasteiger partial charge in [0.25, 0.3) is 0 Å². The van der Waals surface area contributed by atoms with Gasteiger partial charge >= 0.3 is 0 Å². The molecule has 1 fully saturated rings. The summed E-state index contributed by atoms with van der Waals surface area (Å²) < 4.78 is 0. The first-order valence-electron chi connectivity index (χ1n) is 6.13. The SMILES string of the molecule is CCCNC(Cc1ccncc1Cl)C1CC1. The minimum atomic E-state index is 0.597. The summed E-state index contributed by atoms with van der Waals surface area (Å²) in [6.07, 6.45) is 8.51. The molecule has 0 bridgehead atoms. The Labute approximate surface area is 102 Å². The monoisotopic (exact) mass is 238 g/mol. The van der Waals surface area contributed by atoms with E-state index < -0.39 is 0 Å². The quantitative estimate of drug-likeness (QED) is 0.824. The molecule has 1 N–H and O–H groups in total. The molecule has 0 saturated heterocycles. The van der Waals surface area contributed by atoms with E-state index in [4.69, 9.17) is 11.6 Å². The first kappa shape index (κ1) is 11.9. The molecule has 1 atom stereocenters. The van der Waals surface area contributed by atoms with E-state index in [0.29, 0.717) is 6.04 Å². The zero-order chi connectivity index (χ0) is 11.4. The molecule has 0 radical (unpaired) electrons. The van der Waals surface area contributed by atoms with E-state index >= 15 is 0 Å². The van der Waals surface area contributed by atoms with Crippen molar-refractivity contribution in [2.45, 2.75) is 38.6 Å². The van der Waals surface area contributed by atoms with Crippen molar-refractivity contribution < 1.29 is 0 Å². The van der Waals surface area contributed by atoms with E-state index in [0.717, 1.165) is 23.9 Å². The molecule has 2 rings (SSSR count). The number of rotatable bonds is 6. The van der Waals surface area contributed by atoms with Gasteiger partial charge in [0.05, 0.1) is 5.02 Å². The van der Waals surface area contributed by atoms with Crippen LogP contribution in [0.15, 0.2) is 18.5 Å². The minimum Gasteiger partial charge on any atom is -0.313 e. The van der Waals surface area contributed by atoms with Gasteiger partial charge in [-0.2, -0.15) is 0 Å². The highest BCUT2D eigenvalue weighted by Crippen LogP contribution is 2.34. The van der Waals surface area contributed by atoms with Crippen LogP contribution in [0.2, 0.25) is 5.02 Å². The van der Waals surface area contributed by atoms with Crippen molar-refractivity contribution in [2.75, 3.05) is 6.54 Å². The average Bonchev–Trinajstić information content (AvgIpc) is 3.10. The Morgan fingerprint density at radius 2 is 2.38 bits per heavy atom. The molecule has 1 aromatic rings. The molecule has 1 unspecified atom stereocenters. The summed E-state index contributed by atoms with van der Waals surface area (Å²) in [4.78, 5) is 4.02. The third-order valence-corrected chi connectivity index (χ3v) is 3.48. The predicted molar refractivity (Wildman–Crippen MR) is 67.8 cm³/mol. The molecule has 16 heavy (non-hydrogen) atoms. The van der Waals surface area contributed by atoms with Crippen LogP contribution in [0.5, 0.6) is 0 Å². The second-order valence-electron chi connectivity index (χ2n) is 4.57. The molecule has 1 aliphatic rings. The van der Waals surface area contributed by atoms with Gasteiger partial charge in [-0.05, 0) is 49.8 Å². The maximum atomic E-state index is 6.14. The van der Waals surface area contributed by atoms with Crippen molar-refractivity contribution in [2.24, 2.45) is 5.92 Å². The topological polar surface area (TPSA) is 24.9 Å².